The van der Waals surface area contributed by atoms with Gasteiger partial charge >= 0.3 is 0 Å². The standard InChI is InChI=1S/C23H18N2O3S/c26-21(27)15-20-22(25-23(29-20)24-17-7-3-1-4-8-17)16-11-13-19(14-12-16)28-18-9-5-2-6-10-18/h1-14H,15H2,(H,24,25)(H,26,27)/p-1. The molecule has 29 heavy (non-hydrogen) atoms. The molecular weight excluding hydrogens is 384 g/mol. The van der Waals surface area contributed by atoms with Gasteiger partial charge in [0.2, 0.25) is 0 Å². The van der Waals surface area contributed by atoms with E-state index in [-0.39, 0.29) is 6.42 Å². The van der Waals surface area contributed by atoms with Gasteiger partial charge in [-0.05, 0) is 48.5 Å². The summed E-state index contributed by atoms with van der Waals surface area (Å²) in [4.78, 5) is 16.5. The summed E-state index contributed by atoms with van der Waals surface area (Å²) in [5.41, 5.74) is 2.34. The van der Waals surface area contributed by atoms with E-state index in [9.17, 15) is 9.90 Å². The molecule has 4 aromatic rings. The van der Waals surface area contributed by atoms with Crippen molar-refractivity contribution in [2.45, 2.75) is 6.42 Å². The number of anilines is 2. The minimum atomic E-state index is -1.13. The Bertz CT molecular complexity index is 1090. The fraction of sp³-hybridized carbons (Fsp3) is 0.0435. The zero-order valence-electron chi connectivity index (χ0n) is 15.4. The number of aliphatic carboxylic acids is 1. The van der Waals surface area contributed by atoms with Gasteiger partial charge in [0.15, 0.2) is 5.13 Å². The fourth-order valence-corrected chi connectivity index (χ4v) is 3.82. The zero-order valence-corrected chi connectivity index (χ0v) is 16.2. The predicted molar refractivity (Wildman–Crippen MR) is 113 cm³/mol. The number of rotatable bonds is 7. The SMILES string of the molecule is O=C([O-])Cc1sc(Nc2ccccc2)nc1-c1ccc(Oc2ccccc2)cc1. The molecule has 4 rings (SSSR count). The first kappa shape index (κ1) is 18.7. The molecule has 0 saturated heterocycles. The Morgan fingerprint density at radius 2 is 1.52 bits per heavy atom. The van der Waals surface area contributed by atoms with Crippen LogP contribution in [-0.2, 0) is 11.2 Å². The minimum absolute atomic E-state index is 0.189. The van der Waals surface area contributed by atoms with Gasteiger partial charge in [-0.2, -0.15) is 0 Å². The summed E-state index contributed by atoms with van der Waals surface area (Å²) in [5, 5.41) is 15.1. The van der Waals surface area contributed by atoms with Crippen LogP contribution in [0.4, 0.5) is 10.8 Å². The summed E-state index contributed by atoms with van der Waals surface area (Å²) in [6.07, 6.45) is -0.189. The number of carbonyl (C=O) groups excluding carboxylic acids is 1. The molecule has 1 heterocycles. The highest BCUT2D eigenvalue weighted by atomic mass is 32.1. The van der Waals surface area contributed by atoms with Crippen LogP contribution >= 0.6 is 11.3 Å². The van der Waals surface area contributed by atoms with E-state index in [1.54, 1.807) is 0 Å². The van der Waals surface area contributed by atoms with Gasteiger partial charge in [0.1, 0.15) is 11.5 Å². The van der Waals surface area contributed by atoms with E-state index >= 15 is 0 Å². The molecular formula is C23H17N2O3S-. The van der Waals surface area contributed by atoms with Crippen LogP contribution in [0.3, 0.4) is 0 Å². The van der Waals surface area contributed by atoms with Crippen LogP contribution in [0.1, 0.15) is 4.88 Å². The number of benzene rings is 3. The van der Waals surface area contributed by atoms with E-state index in [4.69, 9.17) is 4.74 Å². The summed E-state index contributed by atoms with van der Waals surface area (Å²) in [6.45, 7) is 0. The maximum atomic E-state index is 11.2. The molecule has 3 aromatic carbocycles. The van der Waals surface area contributed by atoms with Gasteiger partial charge in [0.05, 0.1) is 5.69 Å². The number of carboxylic acids is 1. The van der Waals surface area contributed by atoms with Crippen LogP contribution in [0, 0.1) is 0 Å². The van der Waals surface area contributed by atoms with Crippen molar-refractivity contribution in [1.82, 2.24) is 4.98 Å². The number of carbonyl (C=O) groups is 1. The predicted octanol–water partition coefficient (Wildman–Crippen LogP) is 4.64. The topological polar surface area (TPSA) is 74.3 Å². The monoisotopic (exact) mass is 401 g/mol. The lowest BCUT2D eigenvalue weighted by molar-refractivity contribution is -0.304. The van der Waals surface area contributed by atoms with Gasteiger partial charge in [-0.25, -0.2) is 4.98 Å². The van der Waals surface area contributed by atoms with Gasteiger partial charge in [0, 0.05) is 28.5 Å². The number of nitrogens with zero attached hydrogens (tertiary/aromatic N) is 1. The second-order valence-electron chi connectivity index (χ2n) is 6.27. The molecule has 1 aromatic heterocycles. The summed E-state index contributed by atoms with van der Waals surface area (Å²) in [6, 6.07) is 26.6. The Kier molecular flexibility index (Phi) is 5.54. The number of thiazole rings is 1. The average molecular weight is 401 g/mol. The van der Waals surface area contributed by atoms with Crippen LogP contribution in [0.15, 0.2) is 84.9 Å². The first-order valence-corrected chi connectivity index (χ1v) is 9.84. The van der Waals surface area contributed by atoms with Gasteiger partial charge in [-0.15, -0.1) is 11.3 Å². The summed E-state index contributed by atoms with van der Waals surface area (Å²) in [5.74, 6) is 0.311. The lowest BCUT2D eigenvalue weighted by Crippen LogP contribution is -2.24. The molecule has 5 nitrogen and oxygen atoms in total. The fourth-order valence-electron chi connectivity index (χ4n) is 2.83. The molecule has 0 fully saturated rings. The first-order valence-electron chi connectivity index (χ1n) is 9.02. The van der Waals surface area contributed by atoms with Crippen molar-refractivity contribution in [3.8, 4) is 22.8 Å². The van der Waals surface area contributed by atoms with E-state index in [0.717, 1.165) is 17.0 Å². The van der Waals surface area contributed by atoms with E-state index < -0.39 is 5.97 Å². The molecule has 0 unspecified atom stereocenters. The second-order valence-corrected chi connectivity index (χ2v) is 7.35. The zero-order chi connectivity index (χ0) is 20.1. The van der Waals surface area contributed by atoms with E-state index in [0.29, 0.717) is 21.5 Å². The number of carboxylic acid groups (broad SMARTS) is 1. The number of hydrogen-bond acceptors (Lipinski definition) is 6. The van der Waals surface area contributed by atoms with Crippen molar-refractivity contribution in [2.75, 3.05) is 5.32 Å². The summed E-state index contributed by atoms with van der Waals surface area (Å²) < 4.78 is 5.81. The number of aromatic nitrogens is 1. The Labute approximate surface area is 172 Å². The molecule has 0 bridgehead atoms. The van der Waals surface area contributed by atoms with Gasteiger partial charge in [-0.1, -0.05) is 36.4 Å². The number of ether oxygens (including phenoxy) is 1. The minimum Gasteiger partial charge on any atom is -0.550 e. The highest BCUT2D eigenvalue weighted by Gasteiger charge is 2.14. The molecule has 6 heteroatoms. The van der Waals surface area contributed by atoms with Crippen LogP contribution in [0.2, 0.25) is 0 Å². The van der Waals surface area contributed by atoms with E-state index in [1.807, 2.05) is 84.9 Å². The largest absolute Gasteiger partial charge is 0.550 e. The molecule has 0 amide bonds. The third-order valence-corrected chi connectivity index (χ3v) is 5.10. The molecule has 0 atom stereocenters. The van der Waals surface area contributed by atoms with Crippen molar-refractivity contribution in [2.24, 2.45) is 0 Å². The molecule has 144 valence electrons. The van der Waals surface area contributed by atoms with Gasteiger partial charge in [-0.3, -0.25) is 0 Å². The smallest absolute Gasteiger partial charge is 0.187 e. The lowest BCUT2D eigenvalue weighted by atomic mass is 10.1. The van der Waals surface area contributed by atoms with Crippen molar-refractivity contribution in [1.29, 1.82) is 0 Å². The normalized spacial score (nSPS) is 10.5. The Morgan fingerprint density at radius 1 is 0.897 bits per heavy atom. The number of para-hydroxylation sites is 2. The van der Waals surface area contributed by atoms with Crippen LogP contribution < -0.4 is 15.2 Å². The first-order chi connectivity index (χ1) is 14.2. The van der Waals surface area contributed by atoms with Crippen molar-refractivity contribution in [3.63, 3.8) is 0 Å². The molecule has 0 spiro atoms. The van der Waals surface area contributed by atoms with Crippen LogP contribution in [-0.4, -0.2) is 11.0 Å². The Morgan fingerprint density at radius 3 is 2.17 bits per heavy atom. The molecule has 0 saturated carbocycles. The second kappa shape index (κ2) is 8.58. The maximum absolute atomic E-state index is 11.2. The number of nitrogens with one attached hydrogen (secondary N) is 1. The molecule has 0 aliphatic rings. The van der Waals surface area contributed by atoms with Gasteiger partial charge < -0.3 is 20.0 Å². The Hall–Kier alpha value is -3.64. The maximum Gasteiger partial charge on any atom is 0.187 e. The van der Waals surface area contributed by atoms with E-state index in [1.165, 1.54) is 11.3 Å². The van der Waals surface area contributed by atoms with Gasteiger partial charge in [0.25, 0.3) is 0 Å². The molecule has 0 aliphatic carbocycles. The van der Waals surface area contributed by atoms with Crippen molar-refractivity contribution >= 4 is 28.1 Å². The third kappa shape index (κ3) is 4.80. The van der Waals surface area contributed by atoms with Crippen molar-refractivity contribution in [3.05, 3.63) is 89.8 Å². The van der Waals surface area contributed by atoms with Crippen LogP contribution in [0.25, 0.3) is 11.3 Å². The quantitative estimate of drug-likeness (QED) is 0.488. The van der Waals surface area contributed by atoms with E-state index in [2.05, 4.69) is 10.3 Å². The summed E-state index contributed by atoms with van der Waals surface area (Å²) in [7, 11) is 0. The van der Waals surface area contributed by atoms with Crippen molar-refractivity contribution < 1.29 is 14.6 Å². The average Bonchev–Trinajstić information content (AvgIpc) is 3.11. The highest BCUT2D eigenvalue weighted by Crippen LogP contribution is 2.34. The molecule has 0 radical (unpaired) electrons. The number of hydrogen-bond donors (Lipinski definition) is 1. The third-order valence-electron chi connectivity index (χ3n) is 4.13. The highest BCUT2D eigenvalue weighted by molar-refractivity contribution is 7.16. The summed E-state index contributed by atoms with van der Waals surface area (Å²) >= 11 is 1.31. The Balaban J connectivity index is 1.59. The molecule has 0 aliphatic heterocycles. The lowest BCUT2D eigenvalue weighted by Gasteiger charge is -2.07. The van der Waals surface area contributed by atoms with Crippen LogP contribution in [0.5, 0.6) is 11.5 Å². The molecule has 1 N–H and O–H groups in total.